The quantitative estimate of drug-likeness (QED) is 0.839. The van der Waals surface area contributed by atoms with Gasteiger partial charge in [-0.15, -0.1) is 0 Å². The van der Waals surface area contributed by atoms with Gasteiger partial charge in [0.25, 0.3) is 0 Å². The molecule has 0 saturated carbocycles. The Kier molecular flexibility index (Phi) is 3.76. The Balaban J connectivity index is 2.21. The molecule has 0 bridgehead atoms. The molecule has 1 aromatic heterocycles. The first-order valence-electron chi connectivity index (χ1n) is 6.12. The molecule has 0 aliphatic heterocycles. The van der Waals surface area contributed by atoms with Gasteiger partial charge in [0.15, 0.2) is 0 Å². The van der Waals surface area contributed by atoms with Gasteiger partial charge in [-0.25, -0.2) is 4.98 Å². The lowest BCUT2D eigenvalue weighted by Crippen LogP contribution is -1.96. The molecule has 4 nitrogen and oxygen atoms in total. The van der Waals surface area contributed by atoms with Gasteiger partial charge in [-0.2, -0.15) is 10.2 Å². The number of nitrogens with zero attached hydrogens (tertiary/aromatic N) is 3. The summed E-state index contributed by atoms with van der Waals surface area (Å²) in [7, 11) is 0. The van der Waals surface area contributed by atoms with Crippen LogP contribution in [-0.4, -0.2) is 9.97 Å². The average Bonchev–Trinajstić information content (AvgIpc) is 2.38. The molecule has 96 valence electrons. The fourth-order valence-electron chi connectivity index (χ4n) is 1.67. The third-order valence-electron chi connectivity index (χ3n) is 2.70. The van der Waals surface area contributed by atoms with E-state index >= 15 is 0 Å². The second kappa shape index (κ2) is 5.49. The van der Waals surface area contributed by atoms with Gasteiger partial charge in [0.2, 0.25) is 0 Å². The van der Waals surface area contributed by atoms with E-state index in [1.54, 1.807) is 13.0 Å². The number of aromatic nitrogens is 2. The summed E-state index contributed by atoms with van der Waals surface area (Å²) < 4.78 is 5.56. The average molecular weight is 253 g/mol. The highest BCUT2D eigenvalue weighted by Gasteiger charge is 2.05. The van der Waals surface area contributed by atoms with Crippen molar-refractivity contribution in [3.8, 4) is 17.8 Å². The first-order chi connectivity index (χ1) is 9.08. The van der Waals surface area contributed by atoms with Gasteiger partial charge in [-0.05, 0) is 36.6 Å². The second-order valence-corrected chi connectivity index (χ2v) is 4.61. The molecule has 0 unspecified atom stereocenters. The van der Waals surface area contributed by atoms with Crippen molar-refractivity contribution in [3.05, 3.63) is 47.3 Å². The van der Waals surface area contributed by atoms with Crippen LogP contribution in [0.15, 0.2) is 30.3 Å². The first-order valence-corrected chi connectivity index (χ1v) is 6.12. The molecule has 19 heavy (non-hydrogen) atoms. The van der Waals surface area contributed by atoms with Crippen LogP contribution in [0.25, 0.3) is 0 Å². The van der Waals surface area contributed by atoms with Gasteiger partial charge in [0.1, 0.15) is 17.5 Å². The first kappa shape index (κ1) is 13.0. The molecule has 0 aliphatic carbocycles. The Labute approximate surface area is 112 Å². The predicted molar refractivity (Wildman–Crippen MR) is 72.1 cm³/mol. The topological polar surface area (TPSA) is 58.8 Å². The monoisotopic (exact) mass is 253 g/mol. The van der Waals surface area contributed by atoms with Crippen LogP contribution in [0.2, 0.25) is 0 Å². The van der Waals surface area contributed by atoms with Crippen molar-refractivity contribution in [1.82, 2.24) is 9.97 Å². The van der Waals surface area contributed by atoms with Crippen molar-refractivity contribution in [2.75, 3.05) is 0 Å². The smallest absolute Gasteiger partial charge is 0.323 e. The van der Waals surface area contributed by atoms with Gasteiger partial charge < -0.3 is 4.74 Å². The van der Waals surface area contributed by atoms with Gasteiger partial charge in [0, 0.05) is 5.69 Å². The summed E-state index contributed by atoms with van der Waals surface area (Å²) in [4.78, 5) is 8.16. The van der Waals surface area contributed by atoms with Gasteiger partial charge in [-0.3, -0.25) is 0 Å². The lowest BCUT2D eigenvalue weighted by molar-refractivity contribution is 0.439. The van der Waals surface area contributed by atoms with Crippen molar-refractivity contribution in [1.29, 1.82) is 5.26 Å². The van der Waals surface area contributed by atoms with E-state index in [4.69, 9.17) is 10.00 Å². The van der Waals surface area contributed by atoms with E-state index in [0.717, 1.165) is 0 Å². The highest BCUT2D eigenvalue weighted by atomic mass is 16.5. The van der Waals surface area contributed by atoms with Crippen molar-refractivity contribution >= 4 is 0 Å². The van der Waals surface area contributed by atoms with E-state index in [-0.39, 0.29) is 6.01 Å². The van der Waals surface area contributed by atoms with Crippen molar-refractivity contribution < 1.29 is 4.74 Å². The van der Waals surface area contributed by atoms with Crippen LogP contribution in [0.1, 0.15) is 36.7 Å². The third-order valence-corrected chi connectivity index (χ3v) is 2.70. The molecule has 1 heterocycles. The van der Waals surface area contributed by atoms with Crippen LogP contribution in [-0.2, 0) is 0 Å². The summed E-state index contributed by atoms with van der Waals surface area (Å²) in [5, 5.41) is 8.85. The summed E-state index contributed by atoms with van der Waals surface area (Å²) in [6, 6.07) is 11.6. The number of benzene rings is 1. The third kappa shape index (κ3) is 3.29. The van der Waals surface area contributed by atoms with E-state index < -0.39 is 0 Å². The normalized spacial score (nSPS) is 10.3. The number of ether oxygens (including phenoxy) is 1. The molecule has 0 spiro atoms. The molecule has 1 aromatic carbocycles. The van der Waals surface area contributed by atoms with Crippen LogP contribution in [0.5, 0.6) is 11.8 Å². The molecule has 0 radical (unpaired) electrons. The molecular weight excluding hydrogens is 238 g/mol. The predicted octanol–water partition coefficient (Wildman–Crippen LogP) is 3.57. The zero-order chi connectivity index (χ0) is 13.8. The van der Waals surface area contributed by atoms with Crippen molar-refractivity contribution in [2.24, 2.45) is 0 Å². The SMILES string of the molecule is Cc1cc(C#N)nc(Oc2ccc(C(C)C)cc2)n1. The molecule has 0 atom stereocenters. The van der Waals surface area contributed by atoms with Gasteiger partial charge >= 0.3 is 6.01 Å². The molecule has 0 saturated heterocycles. The molecule has 0 fully saturated rings. The fourth-order valence-corrected chi connectivity index (χ4v) is 1.67. The standard InChI is InChI=1S/C15H15N3O/c1-10(2)12-4-6-14(7-5-12)19-15-17-11(3)8-13(9-16)18-15/h4-8,10H,1-3H3. The van der Waals surface area contributed by atoms with E-state index in [0.29, 0.717) is 23.1 Å². The number of aryl methyl sites for hydroxylation is 1. The Morgan fingerprint density at radius 2 is 1.84 bits per heavy atom. The van der Waals surface area contributed by atoms with Crippen LogP contribution in [0, 0.1) is 18.3 Å². The zero-order valence-electron chi connectivity index (χ0n) is 11.2. The maximum Gasteiger partial charge on any atom is 0.323 e. The van der Waals surface area contributed by atoms with Gasteiger partial charge in [0.05, 0.1) is 0 Å². The maximum absolute atomic E-state index is 8.85. The lowest BCUT2D eigenvalue weighted by Gasteiger charge is -2.07. The summed E-state index contributed by atoms with van der Waals surface area (Å²) in [5.74, 6) is 1.15. The van der Waals surface area contributed by atoms with Crippen molar-refractivity contribution in [3.63, 3.8) is 0 Å². The van der Waals surface area contributed by atoms with E-state index in [2.05, 4.69) is 23.8 Å². The van der Waals surface area contributed by atoms with Crippen molar-refractivity contribution in [2.45, 2.75) is 26.7 Å². The number of rotatable bonds is 3. The van der Waals surface area contributed by atoms with E-state index in [1.165, 1.54) is 5.56 Å². The van der Waals surface area contributed by atoms with Crippen LogP contribution < -0.4 is 4.74 Å². The molecule has 2 rings (SSSR count). The molecule has 4 heteroatoms. The molecule has 0 N–H and O–H groups in total. The lowest BCUT2D eigenvalue weighted by atomic mass is 10.0. The van der Waals surface area contributed by atoms with Crippen LogP contribution in [0.4, 0.5) is 0 Å². The molecule has 2 aromatic rings. The van der Waals surface area contributed by atoms with E-state index in [1.807, 2.05) is 30.3 Å². The Morgan fingerprint density at radius 3 is 2.42 bits per heavy atom. The highest BCUT2D eigenvalue weighted by molar-refractivity contribution is 5.31. The summed E-state index contributed by atoms with van der Waals surface area (Å²) >= 11 is 0. The summed E-state index contributed by atoms with van der Waals surface area (Å²) in [5.41, 5.74) is 2.26. The minimum absolute atomic E-state index is 0.203. The molecule has 0 aliphatic rings. The number of hydrogen-bond donors (Lipinski definition) is 0. The maximum atomic E-state index is 8.85. The largest absolute Gasteiger partial charge is 0.424 e. The Hall–Kier alpha value is -2.41. The highest BCUT2D eigenvalue weighted by Crippen LogP contribution is 2.22. The zero-order valence-corrected chi connectivity index (χ0v) is 11.2. The molecule has 0 amide bonds. The second-order valence-electron chi connectivity index (χ2n) is 4.61. The van der Waals surface area contributed by atoms with Crippen LogP contribution >= 0.6 is 0 Å². The minimum Gasteiger partial charge on any atom is -0.424 e. The molecular formula is C15H15N3O. The number of nitriles is 1. The summed E-state index contributed by atoms with van der Waals surface area (Å²) in [6.07, 6.45) is 0. The van der Waals surface area contributed by atoms with E-state index in [9.17, 15) is 0 Å². The minimum atomic E-state index is 0.203. The van der Waals surface area contributed by atoms with Crippen LogP contribution in [0.3, 0.4) is 0 Å². The van der Waals surface area contributed by atoms with Gasteiger partial charge in [-0.1, -0.05) is 26.0 Å². The fraction of sp³-hybridized carbons (Fsp3) is 0.267. The number of hydrogen-bond acceptors (Lipinski definition) is 4. The Bertz CT molecular complexity index is 612. The summed E-state index contributed by atoms with van der Waals surface area (Å²) in [6.45, 7) is 6.08. The Morgan fingerprint density at radius 1 is 1.16 bits per heavy atom.